The number of nitrogens with one attached hydrogen (secondary N) is 1. The van der Waals surface area contributed by atoms with Crippen LogP contribution in [0.1, 0.15) is 24.1 Å². The molecule has 0 spiro atoms. The number of nitrogens with zero attached hydrogens (tertiary/aromatic N) is 3. The van der Waals surface area contributed by atoms with E-state index in [-0.39, 0.29) is 12.3 Å². The third-order valence-corrected chi connectivity index (χ3v) is 4.09. The minimum Gasteiger partial charge on any atom is -0.298 e. The average Bonchev–Trinajstić information content (AvgIpc) is 2.63. The maximum Gasteiger partial charge on any atom is 0.246 e. The van der Waals surface area contributed by atoms with E-state index in [1.165, 1.54) is 5.56 Å². The Morgan fingerprint density at radius 3 is 2.54 bits per heavy atom. The van der Waals surface area contributed by atoms with Gasteiger partial charge in [-0.05, 0) is 17.7 Å². The molecule has 1 aliphatic rings. The van der Waals surface area contributed by atoms with Gasteiger partial charge in [0, 0.05) is 50.1 Å². The van der Waals surface area contributed by atoms with E-state index in [1.54, 1.807) is 6.20 Å². The molecule has 0 bridgehead atoms. The van der Waals surface area contributed by atoms with Gasteiger partial charge in [-0.1, -0.05) is 36.4 Å². The molecule has 5 heteroatoms. The molecule has 1 saturated heterocycles. The van der Waals surface area contributed by atoms with Gasteiger partial charge in [0.05, 0.1) is 6.42 Å². The molecule has 1 aromatic carbocycles. The third kappa shape index (κ3) is 4.99. The van der Waals surface area contributed by atoms with Crippen LogP contribution in [0.25, 0.3) is 0 Å². The second-order valence-electron chi connectivity index (χ2n) is 5.97. The zero-order valence-electron chi connectivity index (χ0n) is 13.7. The Kier molecular flexibility index (Phi) is 5.69. The summed E-state index contributed by atoms with van der Waals surface area (Å²) in [5.74, 6) is -0.118. The standard InChI is InChI=1S/C19H22N4O/c24-19(14-18-8-4-5-11-20-18)22-21-17-9-12-23(13-10-17)15-16-6-2-1-3-7-16/h1-8,11H,9-10,12-15H2,(H,22,24). The van der Waals surface area contributed by atoms with Crippen molar-refractivity contribution >= 4 is 11.6 Å². The highest BCUT2D eigenvalue weighted by Crippen LogP contribution is 2.11. The smallest absolute Gasteiger partial charge is 0.246 e. The summed E-state index contributed by atoms with van der Waals surface area (Å²) in [6, 6.07) is 16.1. The highest BCUT2D eigenvalue weighted by molar-refractivity contribution is 5.87. The second-order valence-corrected chi connectivity index (χ2v) is 5.97. The quantitative estimate of drug-likeness (QED) is 0.860. The molecule has 0 atom stereocenters. The van der Waals surface area contributed by atoms with Crippen LogP contribution >= 0.6 is 0 Å². The van der Waals surface area contributed by atoms with Crippen molar-refractivity contribution in [2.24, 2.45) is 5.10 Å². The first-order valence-corrected chi connectivity index (χ1v) is 8.30. The molecule has 0 saturated carbocycles. The third-order valence-electron chi connectivity index (χ3n) is 4.09. The Labute approximate surface area is 142 Å². The first kappa shape index (κ1) is 16.3. The summed E-state index contributed by atoms with van der Waals surface area (Å²) >= 11 is 0. The Morgan fingerprint density at radius 2 is 1.83 bits per heavy atom. The van der Waals surface area contributed by atoms with Gasteiger partial charge in [0.1, 0.15) is 0 Å². The molecule has 5 nitrogen and oxygen atoms in total. The molecule has 3 rings (SSSR count). The van der Waals surface area contributed by atoms with Gasteiger partial charge < -0.3 is 0 Å². The summed E-state index contributed by atoms with van der Waals surface area (Å²) in [5, 5.41) is 4.28. The minimum absolute atomic E-state index is 0.118. The van der Waals surface area contributed by atoms with Crippen molar-refractivity contribution in [2.75, 3.05) is 13.1 Å². The van der Waals surface area contributed by atoms with Crippen LogP contribution in [-0.4, -0.2) is 34.6 Å². The molecule has 0 radical (unpaired) electrons. The van der Waals surface area contributed by atoms with Gasteiger partial charge in [0.2, 0.25) is 5.91 Å². The molecule has 2 heterocycles. The van der Waals surface area contributed by atoms with Gasteiger partial charge in [-0.3, -0.25) is 14.7 Å². The summed E-state index contributed by atoms with van der Waals surface area (Å²) in [5.41, 5.74) is 5.81. The number of piperidine rings is 1. The molecule has 1 aliphatic heterocycles. The predicted octanol–water partition coefficient (Wildman–Crippen LogP) is 2.39. The van der Waals surface area contributed by atoms with Gasteiger partial charge in [0.25, 0.3) is 0 Å². The fourth-order valence-electron chi connectivity index (χ4n) is 2.77. The number of likely N-dealkylation sites (tertiary alicyclic amines) is 1. The van der Waals surface area contributed by atoms with E-state index in [2.05, 4.69) is 44.7 Å². The van der Waals surface area contributed by atoms with E-state index in [0.29, 0.717) is 0 Å². The molecule has 0 unspecified atom stereocenters. The van der Waals surface area contributed by atoms with Gasteiger partial charge in [-0.2, -0.15) is 5.10 Å². The van der Waals surface area contributed by atoms with Crippen molar-refractivity contribution in [1.29, 1.82) is 0 Å². The van der Waals surface area contributed by atoms with E-state index in [1.807, 2.05) is 24.3 Å². The molecule has 24 heavy (non-hydrogen) atoms. The van der Waals surface area contributed by atoms with Crippen molar-refractivity contribution in [3.05, 3.63) is 66.0 Å². The lowest BCUT2D eigenvalue weighted by Gasteiger charge is -2.27. The summed E-state index contributed by atoms with van der Waals surface area (Å²) in [6.07, 6.45) is 3.75. The second kappa shape index (κ2) is 8.36. The highest BCUT2D eigenvalue weighted by Gasteiger charge is 2.15. The van der Waals surface area contributed by atoms with E-state index in [9.17, 15) is 4.79 Å². The lowest BCUT2D eigenvalue weighted by atomic mass is 10.1. The lowest BCUT2D eigenvalue weighted by Crippen LogP contribution is -2.34. The topological polar surface area (TPSA) is 57.6 Å². The van der Waals surface area contributed by atoms with Gasteiger partial charge >= 0.3 is 0 Å². The minimum atomic E-state index is -0.118. The Hall–Kier alpha value is -2.53. The zero-order chi connectivity index (χ0) is 16.6. The fraction of sp³-hybridized carbons (Fsp3) is 0.316. The average molecular weight is 322 g/mol. The van der Waals surface area contributed by atoms with Gasteiger partial charge in [-0.25, -0.2) is 5.43 Å². The van der Waals surface area contributed by atoms with Crippen LogP contribution in [0.2, 0.25) is 0 Å². The van der Waals surface area contributed by atoms with E-state index < -0.39 is 0 Å². The van der Waals surface area contributed by atoms with Gasteiger partial charge in [-0.15, -0.1) is 0 Å². The van der Waals surface area contributed by atoms with Crippen molar-refractivity contribution in [3.8, 4) is 0 Å². The summed E-state index contributed by atoms with van der Waals surface area (Å²) in [6.45, 7) is 2.92. The molecule has 1 fully saturated rings. The lowest BCUT2D eigenvalue weighted by molar-refractivity contribution is -0.120. The molecular weight excluding hydrogens is 300 g/mol. The van der Waals surface area contributed by atoms with Crippen LogP contribution in [0.15, 0.2) is 59.8 Å². The maximum absolute atomic E-state index is 11.9. The maximum atomic E-state index is 11.9. The monoisotopic (exact) mass is 322 g/mol. The summed E-state index contributed by atoms with van der Waals surface area (Å²) in [7, 11) is 0. The van der Waals surface area contributed by atoms with Crippen molar-refractivity contribution in [1.82, 2.24) is 15.3 Å². The molecule has 2 aromatic rings. The number of carbonyl (C=O) groups excluding carboxylic acids is 1. The molecule has 1 aromatic heterocycles. The molecular formula is C19H22N4O. The number of rotatable bonds is 5. The zero-order valence-corrected chi connectivity index (χ0v) is 13.7. The van der Waals surface area contributed by atoms with Crippen LogP contribution in [0.5, 0.6) is 0 Å². The van der Waals surface area contributed by atoms with Crippen molar-refractivity contribution < 1.29 is 4.79 Å². The highest BCUT2D eigenvalue weighted by atomic mass is 16.2. The number of hydrogen-bond donors (Lipinski definition) is 1. The first-order valence-electron chi connectivity index (χ1n) is 8.30. The SMILES string of the molecule is O=C(Cc1ccccn1)NN=C1CCN(Cc2ccccc2)CC1. The molecule has 124 valence electrons. The number of pyridine rings is 1. The van der Waals surface area contributed by atoms with E-state index in [4.69, 9.17) is 0 Å². The van der Waals surface area contributed by atoms with Crippen molar-refractivity contribution in [3.63, 3.8) is 0 Å². The van der Waals surface area contributed by atoms with Crippen LogP contribution in [0, 0.1) is 0 Å². The number of hydrazone groups is 1. The van der Waals surface area contributed by atoms with Gasteiger partial charge in [0.15, 0.2) is 0 Å². The number of hydrogen-bond acceptors (Lipinski definition) is 4. The van der Waals surface area contributed by atoms with E-state index >= 15 is 0 Å². The predicted molar refractivity (Wildman–Crippen MR) is 94.5 cm³/mol. The molecule has 1 amide bonds. The number of aromatic nitrogens is 1. The van der Waals surface area contributed by atoms with Crippen LogP contribution in [0.3, 0.4) is 0 Å². The molecule has 1 N–H and O–H groups in total. The molecule has 0 aliphatic carbocycles. The summed E-state index contributed by atoms with van der Waals surface area (Å²) < 4.78 is 0. The van der Waals surface area contributed by atoms with Crippen molar-refractivity contribution in [2.45, 2.75) is 25.8 Å². The Bertz CT molecular complexity index is 675. The summed E-state index contributed by atoms with van der Waals surface area (Å²) in [4.78, 5) is 18.5. The van der Waals surface area contributed by atoms with Crippen LogP contribution in [-0.2, 0) is 17.8 Å². The first-order chi connectivity index (χ1) is 11.8. The Morgan fingerprint density at radius 1 is 1.08 bits per heavy atom. The normalized spacial score (nSPS) is 15.1. The number of benzene rings is 1. The van der Waals surface area contributed by atoms with E-state index in [0.717, 1.165) is 43.9 Å². The van der Waals surface area contributed by atoms with Crippen LogP contribution in [0.4, 0.5) is 0 Å². The number of carbonyl (C=O) groups is 1. The Balaban J connectivity index is 1.43. The largest absolute Gasteiger partial charge is 0.298 e. The fourth-order valence-corrected chi connectivity index (χ4v) is 2.77. The van der Waals surface area contributed by atoms with Crippen LogP contribution < -0.4 is 5.43 Å². The number of amides is 1.